The van der Waals surface area contributed by atoms with E-state index in [9.17, 15) is 19.2 Å². The van der Waals surface area contributed by atoms with Crippen LogP contribution >= 0.6 is 0 Å². The van der Waals surface area contributed by atoms with Crippen LogP contribution in [0.15, 0.2) is 42.5 Å². The predicted molar refractivity (Wildman–Crippen MR) is 137 cm³/mol. The standard InChI is InChI=1S/C26H37N5O5/c1-16(2)12-21(15-23(32)31-36)25(34)30-22(26(35)29-17(3)24(33)28-11-10-27)14-18-8-9-19-6-4-5-7-20(19)13-18/h4-9,13,16-17,21-22,36H,10-12,14-15,27H2,1-3H3,(H,28,33)(H,29,35)(H,30,34)(H,31,32)/t17-,21?,22+/m1/s1. The molecule has 0 aliphatic heterocycles. The summed E-state index contributed by atoms with van der Waals surface area (Å²) in [5.41, 5.74) is 7.80. The molecule has 10 heteroatoms. The summed E-state index contributed by atoms with van der Waals surface area (Å²) >= 11 is 0. The van der Waals surface area contributed by atoms with E-state index < -0.39 is 35.7 Å². The van der Waals surface area contributed by atoms with Crippen molar-refractivity contribution in [3.8, 4) is 0 Å². The molecule has 0 heterocycles. The molecule has 1 unspecified atom stereocenters. The highest BCUT2D eigenvalue weighted by atomic mass is 16.5. The molecule has 0 aliphatic carbocycles. The van der Waals surface area contributed by atoms with Gasteiger partial charge in [0.25, 0.3) is 0 Å². The van der Waals surface area contributed by atoms with Crippen LogP contribution in [-0.4, -0.2) is 54.0 Å². The maximum atomic E-state index is 13.2. The average molecular weight is 500 g/mol. The fraction of sp³-hybridized carbons (Fsp3) is 0.462. The summed E-state index contributed by atoms with van der Waals surface area (Å²) in [5, 5.41) is 19.0. The maximum Gasteiger partial charge on any atom is 0.244 e. The van der Waals surface area contributed by atoms with Gasteiger partial charge >= 0.3 is 0 Å². The molecular formula is C26H37N5O5. The van der Waals surface area contributed by atoms with Crippen molar-refractivity contribution < 1.29 is 24.4 Å². The van der Waals surface area contributed by atoms with Gasteiger partial charge in [-0.05, 0) is 35.6 Å². The fourth-order valence-electron chi connectivity index (χ4n) is 3.95. The van der Waals surface area contributed by atoms with Gasteiger partial charge in [0.05, 0.1) is 0 Å². The zero-order valence-electron chi connectivity index (χ0n) is 21.0. The molecule has 196 valence electrons. The Morgan fingerprint density at radius 1 is 0.917 bits per heavy atom. The van der Waals surface area contributed by atoms with E-state index in [2.05, 4.69) is 16.0 Å². The van der Waals surface area contributed by atoms with E-state index in [-0.39, 0.29) is 37.8 Å². The summed E-state index contributed by atoms with van der Waals surface area (Å²) in [6.07, 6.45) is 0.352. The Balaban J connectivity index is 2.26. The van der Waals surface area contributed by atoms with E-state index in [1.54, 1.807) is 12.4 Å². The van der Waals surface area contributed by atoms with Gasteiger partial charge in [0, 0.05) is 31.8 Å². The summed E-state index contributed by atoms with van der Waals surface area (Å²) in [6.45, 7) is 5.92. The second kappa shape index (κ2) is 14.2. The first-order chi connectivity index (χ1) is 17.1. The molecule has 0 saturated carbocycles. The van der Waals surface area contributed by atoms with Crippen molar-refractivity contribution in [3.63, 3.8) is 0 Å². The number of rotatable bonds is 13. The molecule has 36 heavy (non-hydrogen) atoms. The van der Waals surface area contributed by atoms with Crippen LogP contribution in [0.25, 0.3) is 10.8 Å². The first-order valence-electron chi connectivity index (χ1n) is 12.1. The van der Waals surface area contributed by atoms with Crippen LogP contribution in [0, 0.1) is 11.8 Å². The lowest BCUT2D eigenvalue weighted by molar-refractivity contribution is -0.137. The van der Waals surface area contributed by atoms with Crippen molar-refractivity contribution in [3.05, 3.63) is 48.0 Å². The third kappa shape index (κ3) is 8.94. The lowest BCUT2D eigenvalue weighted by Gasteiger charge is -2.24. The molecule has 0 aliphatic rings. The summed E-state index contributed by atoms with van der Waals surface area (Å²) in [5.74, 6) is -2.71. The highest BCUT2D eigenvalue weighted by Crippen LogP contribution is 2.19. The van der Waals surface area contributed by atoms with Crippen LogP contribution < -0.4 is 27.2 Å². The van der Waals surface area contributed by atoms with Crippen LogP contribution in [-0.2, 0) is 25.6 Å². The number of benzene rings is 2. The Kier molecular flexibility index (Phi) is 11.3. The summed E-state index contributed by atoms with van der Waals surface area (Å²) in [6, 6.07) is 11.7. The number of fused-ring (bicyclic) bond motifs is 1. The number of carbonyl (C=O) groups is 4. The lowest BCUT2D eigenvalue weighted by atomic mass is 9.92. The Bertz CT molecular complexity index is 1060. The van der Waals surface area contributed by atoms with Crippen LogP contribution in [0.5, 0.6) is 0 Å². The largest absolute Gasteiger partial charge is 0.353 e. The lowest BCUT2D eigenvalue weighted by Crippen LogP contribution is -2.54. The minimum atomic E-state index is -0.990. The van der Waals surface area contributed by atoms with E-state index in [0.717, 1.165) is 16.3 Å². The second-order valence-electron chi connectivity index (χ2n) is 9.32. The first kappa shape index (κ1) is 28.7. The molecule has 0 fully saturated rings. The molecule has 7 N–H and O–H groups in total. The Morgan fingerprint density at radius 3 is 2.25 bits per heavy atom. The molecule has 2 aromatic rings. The van der Waals surface area contributed by atoms with Crippen molar-refractivity contribution in [2.45, 2.75) is 52.1 Å². The average Bonchev–Trinajstić information content (AvgIpc) is 2.85. The Hall–Kier alpha value is -3.50. The molecule has 4 amide bonds. The molecule has 3 atom stereocenters. The number of nitrogens with one attached hydrogen (secondary N) is 4. The molecule has 0 bridgehead atoms. The highest BCUT2D eigenvalue weighted by Gasteiger charge is 2.29. The SMILES string of the molecule is CC(C)CC(CC(=O)NO)C(=O)N[C@@H](Cc1ccc2ccccc2c1)C(=O)N[C@H](C)C(=O)NCCN. The monoisotopic (exact) mass is 499 g/mol. The quantitative estimate of drug-likeness (QED) is 0.178. The van der Waals surface area contributed by atoms with Crippen molar-refractivity contribution >= 4 is 34.4 Å². The van der Waals surface area contributed by atoms with Crippen molar-refractivity contribution in [1.82, 2.24) is 21.4 Å². The van der Waals surface area contributed by atoms with Gasteiger partial charge in [0.2, 0.25) is 23.6 Å². The van der Waals surface area contributed by atoms with Gasteiger partial charge in [0.1, 0.15) is 12.1 Å². The number of hydrogen-bond donors (Lipinski definition) is 6. The third-order valence-electron chi connectivity index (χ3n) is 5.77. The van der Waals surface area contributed by atoms with Gasteiger partial charge in [-0.2, -0.15) is 0 Å². The molecule has 10 nitrogen and oxygen atoms in total. The molecule has 0 spiro atoms. The number of nitrogens with two attached hydrogens (primary N) is 1. The van der Waals surface area contributed by atoms with E-state index in [4.69, 9.17) is 10.9 Å². The number of carbonyl (C=O) groups excluding carboxylic acids is 4. The van der Waals surface area contributed by atoms with E-state index in [0.29, 0.717) is 6.42 Å². The molecule has 2 aromatic carbocycles. The van der Waals surface area contributed by atoms with Gasteiger partial charge in [-0.15, -0.1) is 0 Å². The van der Waals surface area contributed by atoms with Crippen molar-refractivity contribution in [1.29, 1.82) is 0 Å². The normalized spacial score (nSPS) is 13.5. The fourth-order valence-corrected chi connectivity index (χ4v) is 3.95. The minimum absolute atomic E-state index is 0.103. The number of hydrogen-bond acceptors (Lipinski definition) is 6. The maximum absolute atomic E-state index is 13.2. The van der Waals surface area contributed by atoms with Crippen LogP contribution in [0.4, 0.5) is 0 Å². The zero-order valence-corrected chi connectivity index (χ0v) is 21.0. The Labute approximate surface area is 211 Å². The summed E-state index contributed by atoms with van der Waals surface area (Å²) in [7, 11) is 0. The van der Waals surface area contributed by atoms with Crippen LogP contribution in [0.3, 0.4) is 0 Å². The zero-order chi connectivity index (χ0) is 26.7. The van der Waals surface area contributed by atoms with E-state index >= 15 is 0 Å². The Morgan fingerprint density at radius 2 is 1.61 bits per heavy atom. The molecular weight excluding hydrogens is 462 g/mol. The first-order valence-corrected chi connectivity index (χ1v) is 12.1. The third-order valence-corrected chi connectivity index (χ3v) is 5.77. The number of amides is 4. The number of hydroxylamine groups is 1. The van der Waals surface area contributed by atoms with Crippen molar-refractivity contribution in [2.24, 2.45) is 17.6 Å². The second-order valence-corrected chi connectivity index (χ2v) is 9.32. The van der Waals surface area contributed by atoms with Gasteiger partial charge in [-0.25, -0.2) is 5.48 Å². The molecule has 0 aromatic heterocycles. The topological polar surface area (TPSA) is 163 Å². The molecule has 2 rings (SSSR count). The smallest absolute Gasteiger partial charge is 0.244 e. The molecule has 0 radical (unpaired) electrons. The van der Waals surface area contributed by atoms with E-state index in [1.165, 1.54) is 0 Å². The predicted octanol–water partition coefficient (Wildman–Crippen LogP) is 1.00. The summed E-state index contributed by atoms with van der Waals surface area (Å²) < 4.78 is 0. The van der Waals surface area contributed by atoms with Gasteiger partial charge < -0.3 is 21.7 Å². The van der Waals surface area contributed by atoms with E-state index in [1.807, 2.05) is 56.3 Å². The van der Waals surface area contributed by atoms with Gasteiger partial charge in [0.15, 0.2) is 0 Å². The van der Waals surface area contributed by atoms with Crippen LogP contribution in [0.1, 0.15) is 39.2 Å². The summed E-state index contributed by atoms with van der Waals surface area (Å²) in [4.78, 5) is 50.4. The van der Waals surface area contributed by atoms with Gasteiger partial charge in [-0.3, -0.25) is 24.4 Å². The van der Waals surface area contributed by atoms with Crippen LogP contribution in [0.2, 0.25) is 0 Å². The minimum Gasteiger partial charge on any atom is -0.353 e. The van der Waals surface area contributed by atoms with Gasteiger partial charge in [-0.1, -0.05) is 56.3 Å². The highest BCUT2D eigenvalue weighted by molar-refractivity contribution is 5.93. The van der Waals surface area contributed by atoms with Crippen molar-refractivity contribution in [2.75, 3.05) is 13.1 Å². The molecule has 0 saturated heterocycles.